The lowest BCUT2D eigenvalue weighted by atomic mass is 10.3. The number of thioether (sulfide) groups is 1. The summed E-state index contributed by atoms with van der Waals surface area (Å²) in [6.07, 6.45) is 0.573. The molecule has 4 nitrogen and oxygen atoms in total. The maximum absolute atomic E-state index is 13.4. The van der Waals surface area contributed by atoms with E-state index in [1.54, 1.807) is 24.3 Å². The minimum atomic E-state index is -0.691. The fourth-order valence-electron chi connectivity index (χ4n) is 1.64. The molecular formula is C15H12F2N2O2S. The van der Waals surface area contributed by atoms with Gasteiger partial charge in [0, 0.05) is 16.6 Å². The van der Waals surface area contributed by atoms with Crippen LogP contribution in [0.15, 0.2) is 47.4 Å². The van der Waals surface area contributed by atoms with Crippen LogP contribution in [0, 0.1) is 11.6 Å². The van der Waals surface area contributed by atoms with Gasteiger partial charge < -0.3 is 10.6 Å². The van der Waals surface area contributed by atoms with Crippen molar-refractivity contribution in [2.75, 3.05) is 16.4 Å². The number of hydrogen-bond acceptors (Lipinski definition) is 3. The SMILES string of the molecule is O=CNc1ccc(SCC(=O)Nc2cc(F)ccc2F)cc1. The monoisotopic (exact) mass is 322 g/mol. The Morgan fingerprint density at radius 2 is 1.86 bits per heavy atom. The quantitative estimate of drug-likeness (QED) is 0.634. The van der Waals surface area contributed by atoms with Crippen molar-refractivity contribution < 1.29 is 18.4 Å². The molecule has 0 aromatic heterocycles. The third kappa shape index (κ3) is 4.56. The summed E-state index contributed by atoms with van der Waals surface area (Å²) >= 11 is 1.24. The fourth-order valence-corrected chi connectivity index (χ4v) is 2.34. The molecule has 0 fully saturated rings. The van der Waals surface area contributed by atoms with Crippen molar-refractivity contribution in [3.63, 3.8) is 0 Å². The molecule has 0 atom stereocenters. The second-order valence-electron chi connectivity index (χ2n) is 4.25. The van der Waals surface area contributed by atoms with Crippen molar-refractivity contribution in [3.8, 4) is 0 Å². The molecule has 2 aromatic carbocycles. The van der Waals surface area contributed by atoms with E-state index in [0.717, 1.165) is 23.1 Å². The lowest BCUT2D eigenvalue weighted by Gasteiger charge is -2.07. The zero-order valence-corrected chi connectivity index (χ0v) is 12.1. The second kappa shape index (κ2) is 7.56. The summed E-state index contributed by atoms with van der Waals surface area (Å²) in [5.41, 5.74) is 0.460. The minimum Gasteiger partial charge on any atom is -0.329 e. The van der Waals surface area contributed by atoms with Crippen LogP contribution >= 0.6 is 11.8 Å². The topological polar surface area (TPSA) is 58.2 Å². The van der Waals surface area contributed by atoms with E-state index in [9.17, 15) is 18.4 Å². The lowest BCUT2D eigenvalue weighted by Crippen LogP contribution is -2.15. The number of anilines is 2. The number of benzene rings is 2. The van der Waals surface area contributed by atoms with Gasteiger partial charge in [0.25, 0.3) is 0 Å². The molecule has 114 valence electrons. The lowest BCUT2D eigenvalue weighted by molar-refractivity contribution is -0.113. The van der Waals surface area contributed by atoms with E-state index in [4.69, 9.17) is 0 Å². The molecule has 7 heteroatoms. The van der Waals surface area contributed by atoms with Crippen LogP contribution in [-0.4, -0.2) is 18.1 Å². The van der Waals surface area contributed by atoms with Gasteiger partial charge in [-0.1, -0.05) is 0 Å². The highest BCUT2D eigenvalue weighted by Crippen LogP contribution is 2.21. The summed E-state index contributed by atoms with van der Waals surface area (Å²) in [6.45, 7) is 0. The Hall–Kier alpha value is -2.41. The summed E-state index contributed by atoms with van der Waals surface area (Å²) in [7, 11) is 0. The number of amides is 2. The first kappa shape index (κ1) is 16.0. The molecule has 0 saturated heterocycles. The highest BCUT2D eigenvalue weighted by atomic mass is 32.2. The maximum atomic E-state index is 13.4. The molecule has 2 amide bonds. The molecule has 2 rings (SSSR count). The first-order chi connectivity index (χ1) is 10.6. The summed E-state index contributed by atoms with van der Waals surface area (Å²) in [4.78, 5) is 22.8. The third-order valence-corrected chi connectivity index (χ3v) is 3.66. The van der Waals surface area contributed by atoms with E-state index in [0.29, 0.717) is 12.1 Å². The summed E-state index contributed by atoms with van der Waals surface area (Å²) < 4.78 is 26.4. The van der Waals surface area contributed by atoms with Gasteiger partial charge in [0.1, 0.15) is 11.6 Å². The van der Waals surface area contributed by atoms with Gasteiger partial charge in [-0.15, -0.1) is 11.8 Å². The van der Waals surface area contributed by atoms with Crippen molar-refractivity contribution in [1.82, 2.24) is 0 Å². The molecule has 22 heavy (non-hydrogen) atoms. The Balaban J connectivity index is 1.89. The van der Waals surface area contributed by atoms with Crippen LogP contribution in [0.5, 0.6) is 0 Å². The molecule has 0 heterocycles. The molecule has 0 spiro atoms. The van der Waals surface area contributed by atoms with Crippen LogP contribution in [0.1, 0.15) is 0 Å². The summed E-state index contributed by atoms with van der Waals surface area (Å²) in [6, 6.07) is 9.74. The first-order valence-corrected chi connectivity index (χ1v) is 7.25. The number of hydrogen-bond donors (Lipinski definition) is 2. The van der Waals surface area contributed by atoms with Crippen LogP contribution < -0.4 is 10.6 Å². The smallest absolute Gasteiger partial charge is 0.234 e. The molecule has 2 N–H and O–H groups in total. The molecule has 0 aliphatic heterocycles. The highest BCUT2D eigenvalue weighted by Gasteiger charge is 2.08. The average molecular weight is 322 g/mol. The van der Waals surface area contributed by atoms with E-state index in [1.165, 1.54) is 11.8 Å². The van der Waals surface area contributed by atoms with Crippen LogP contribution in [-0.2, 0) is 9.59 Å². The van der Waals surface area contributed by atoms with E-state index in [1.807, 2.05) is 0 Å². The van der Waals surface area contributed by atoms with Gasteiger partial charge in [0.15, 0.2) is 0 Å². The number of halogens is 2. The van der Waals surface area contributed by atoms with Gasteiger partial charge in [-0.05, 0) is 36.4 Å². The molecule has 0 bridgehead atoms. The Morgan fingerprint density at radius 3 is 2.55 bits per heavy atom. The molecule has 0 radical (unpaired) electrons. The minimum absolute atomic E-state index is 0.0520. The van der Waals surface area contributed by atoms with Gasteiger partial charge in [-0.2, -0.15) is 0 Å². The number of carbonyl (C=O) groups is 2. The van der Waals surface area contributed by atoms with E-state index in [2.05, 4.69) is 10.6 Å². The van der Waals surface area contributed by atoms with Gasteiger partial charge in [0.2, 0.25) is 12.3 Å². The molecule has 0 aliphatic carbocycles. The summed E-state index contributed by atoms with van der Waals surface area (Å²) in [5, 5.41) is 4.82. The standard InChI is InChI=1S/C15H12F2N2O2S/c16-10-1-6-13(17)14(7-10)19-15(21)8-22-12-4-2-11(3-5-12)18-9-20/h1-7,9H,8H2,(H,18,20)(H,19,21). The first-order valence-electron chi connectivity index (χ1n) is 6.26. The zero-order valence-electron chi connectivity index (χ0n) is 11.3. The average Bonchev–Trinajstić information content (AvgIpc) is 2.51. The van der Waals surface area contributed by atoms with E-state index >= 15 is 0 Å². The van der Waals surface area contributed by atoms with Crippen molar-refractivity contribution in [3.05, 3.63) is 54.1 Å². The second-order valence-corrected chi connectivity index (χ2v) is 5.30. The fraction of sp³-hybridized carbons (Fsp3) is 0.0667. The van der Waals surface area contributed by atoms with Gasteiger partial charge in [0.05, 0.1) is 11.4 Å². The molecule has 0 aliphatic rings. The van der Waals surface area contributed by atoms with E-state index < -0.39 is 17.5 Å². The third-order valence-electron chi connectivity index (χ3n) is 2.65. The van der Waals surface area contributed by atoms with Crippen molar-refractivity contribution in [2.45, 2.75) is 4.90 Å². The Labute approximate surface area is 129 Å². The Bertz CT molecular complexity index is 678. The number of nitrogens with one attached hydrogen (secondary N) is 2. The van der Waals surface area contributed by atoms with Crippen molar-refractivity contribution in [2.24, 2.45) is 0 Å². The highest BCUT2D eigenvalue weighted by molar-refractivity contribution is 8.00. The Morgan fingerprint density at radius 1 is 1.14 bits per heavy atom. The van der Waals surface area contributed by atoms with Crippen molar-refractivity contribution >= 4 is 35.5 Å². The van der Waals surface area contributed by atoms with Crippen LogP contribution in [0.25, 0.3) is 0 Å². The Kier molecular flexibility index (Phi) is 5.48. The molecule has 2 aromatic rings. The normalized spacial score (nSPS) is 10.1. The predicted molar refractivity (Wildman–Crippen MR) is 81.8 cm³/mol. The largest absolute Gasteiger partial charge is 0.329 e. The van der Waals surface area contributed by atoms with Gasteiger partial charge in [-0.3, -0.25) is 9.59 Å². The molecule has 0 saturated carbocycles. The van der Waals surface area contributed by atoms with Crippen LogP contribution in [0.3, 0.4) is 0 Å². The number of carbonyl (C=O) groups excluding carboxylic acids is 2. The summed E-state index contributed by atoms with van der Waals surface area (Å²) in [5.74, 6) is -1.70. The van der Waals surface area contributed by atoms with E-state index in [-0.39, 0.29) is 11.4 Å². The zero-order chi connectivity index (χ0) is 15.9. The molecule has 0 unspecified atom stereocenters. The van der Waals surface area contributed by atoms with Crippen molar-refractivity contribution in [1.29, 1.82) is 0 Å². The predicted octanol–water partition coefficient (Wildman–Crippen LogP) is 3.26. The number of rotatable bonds is 6. The van der Waals surface area contributed by atoms with Crippen LogP contribution in [0.2, 0.25) is 0 Å². The van der Waals surface area contributed by atoms with Crippen LogP contribution in [0.4, 0.5) is 20.2 Å². The van der Waals surface area contributed by atoms with Gasteiger partial charge >= 0.3 is 0 Å². The maximum Gasteiger partial charge on any atom is 0.234 e. The van der Waals surface area contributed by atoms with Gasteiger partial charge in [-0.25, -0.2) is 8.78 Å². The molecular weight excluding hydrogens is 310 g/mol.